The Hall–Kier alpha value is -1.54. The summed E-state index contributed by atoms with van der Waals surface area (Å²) in [6, 6.07) is -0.912. The van der Waals surface area contributed by atoms with Crippen molar-refractivity contribution in [3.8, 4) is 0 Å². The van der Waals surface area contributed by atoms with Gasteiger partial charge < -0.3 is 28.8 Å². The van der Waals surface area contributed by atoms with E-state index in [0.717, 1.165) is 64.2 Å². The minimum atomic E-state index is -4.61. The van der Waals surface area contributed by atoms with E-state index in [1.807, 2.05) is 27.2 Å². The first-order valence-corrected chi connectivity index (χ1v) is 30.5. The van der Waals surface area contributed by atoms with Crippen molar-refractivity contribution in [3.05, 3.63) is 48.6 Å². The number of nitrogens with one attached hydrogen (secondary N) is 1. The van der Waals surface area contributed by atoms with Crippen LogP contribution in [0, 0.1) is 0 Å². The summed E-state index contributed by atoms with van der Waals surface area (Å²) < 4.78 is 23.3. The minimum Gasteiger partial charge on any atom is -0.756 e. The lowest BCUT2D eigenvalue weighted by Gasteiger charge is -2.29. The van der Waals surface area contributed by atoms with Gasteiger partial charge in [0.25, 0.3) is 7.82 Å². The van der Waals surface area contributed by atoms with E-state index in [4.69, 9.17) is 9.05 Å². The fraction of sp³-hybridized carbons (Fsp3) is 0.847. The van der Waals surface area contributed by atoms with E-state index in [-0.39, 0.29) is 12.5 Å². The predicted molar refractivity (Wildman–Crippen MR) is 293 cm³/mol. The molecule has 0 aliphatic heterocycles. The molecule has 68 heavy (non-hydrogen) atoms. The number of hydrogen-bond donors (Lipinski definition) is 2. The number of phosphoric acid groups is 1. The molecule has 9 heteroatoms. The maximum absolute atomic E-state index is 12.9. The fourth-order valence-corrected chi connectivity index (χ4v) is 9.16. The monoisotopic (exact) mass is 977 g/mol. The summed E-state index contributed by atoms with van der Waals surface area (Å²) in [7, 11) is 1.24. The normalized spacial score (nSPS) is 14.3. The summed E-state index contributed by atoms with van der Waals surface area (Å²) in [4.78, 5) is 25.4. The van der Waals surface area contributed by atoms with Crippen LogP contribution in [0.25, 0.3) is 0 Å². The molecule has 0 saturated heterocycles. The Kier molecular flexibility index (Phi) is 49.3. The highest BCUT2D eigenvalue weighted by atomic mass is 31.2. The molecule has 0 aliphatic rings. The van der Waals surface area contributed by atoms with Crippen LogP contribution in [0.4, 0.5) is 0 Å². The van der Waals surface area contributed by atoms with Crippen LogP contribution in [-0.2, 0) is 18.4 Å². The molecule has 0 bridgehead atoms. The predicted octanol–water partition coefficient (Wildman–Crippen LogP) is 16.9. The van der Waals surface area contributed by atoms with Gasteiger partial charge in [0.2, 0.25) is 5.91 Å². The number of carbonyl (C=O) groups is 1. The number of unbranched alkanes of at least 4 members (excludes halogenated alkanes) is 34. The molecule has 0 rings (SSSR count). The Morgan fingerprint density at radius 3 is 1.31 bits per heavy atom. The van der Waals surface area contributed by atoms with Crippen LogP contribution in [0.1, 0.15) is 271 Å². The molecule has 1 amide bonds. The first-order chi connectivity index (χ1) is 33.0. The Labute approximate surface area is 422 Å². The van der Waals surface area contributed by atoms with Gasteiger partial charge in [-0.15, -0.1) is 0 Å². The second kappa shape index (κ2) is 50.4. The Morgan fingerprint density at radius 1 is 0.515 bits per heavy atom. The van der Waals surface area contributed by atoms with Gasteiger partial charge in [-0.05, 0) is 64.2 Å². The van der Waals surface area contributed by atoms with E-state index in [1.54, 1.807) is 6.08 Å². The van der Waals surface area contributed by atoms with E-state index >= 15 is 0 Å². The molecule has 0 radical (unpaired) electrons. The van der Waals surface area contributed by atoms with Gasteiger partial charge in [-0.1, -0.05) is 249 Å². The maximum Gasteiger partial charge on any atom is 0.268 e. The Morgan fingerprint density at radius 2 is 0.868 bits per heavy atom. The lowest BCUT2D eigenvalue weighted by molar-refractivity contribution is -0.870. The minimum absolute atomic E-state index is 0.0101. The summed E-state index contributed by atoms with van der Waals surface area (Å²) in [5.74, 6) is -0.220. The number of rotatable bonds is 53. The zero-order valence-electron chi connectivity index (χ0n) is 45.6. The zero-order chi connectivity index (χ0) is 49.9. The Balaban J connectivity index is 4.16. The molecule has 0 spiro atoms. The number of hydrogen-bond acceptors (Lipinski definition) is 6. The largest absolute Gasteiger partial charge is 0.756 e. The van der Waals surface area contributed by atoms with Gasteiger partial charge in [-0.2, -0.15) is 0 Å². The number of amides is 1. The van der Waals surface area contributed by atoms with Crippen molar-refractivity contribution >= 4 is 13.7 Å². The van der Waals surface area contributed by atoms with E-state index in [1.165, 1.54) is 186 Å². The van der Waals surface area contributed by atoms with Gasteiger partial charge in [0.1, 0.15) is 13.2 Å². The second-order valence-corrected chi connectivity index (χ2v) is 22.4. The molecule has 8 nitrogen and oxygen atoms in total. The third kappa shape index (κ3) is 52.3. The number of likely N-dealkylation sites (N-methyl/N-ethyl adjacent to an activating group) is 1. The quantitative estimate of drug-likeness (QED) is 0.0272. The van der Waals surface area contributed by atoms with Crippen molar-refractivity contribution in [2.24, 2.45) is 0 Å². The van der Waals surface area contributed by atoms with Crippen molar-refractivity contribution in [3.63, 3.8) is 0 Å². The van der Waals surface area contributed by atoms with Crippen molar-refractivity contribution in [2.45, 2.75) is 283 Å². The van der Waals surface area contributed by atoms with Gasteiger partial charge in [0.05, 0.1) is 39.9 Å². The molecular formula is C59H113N2O6P. The molecule has 0 saturated carbocycles. The van der Waals surface area contributed by atoms with Gasteiger partial charge in [-0.3, -0.25) is 9.36 Å². The van der Waals surface area contributed by atoms with Gasteiger partial charge in [0.15, 0.2) is 0 Å². The van der Waals surface area contributed by atoms with Crippen LogP contribution in [0.2, 0.25) is 0 Å². The molecule has 0 aromatic heterocycles. The average molecular weight is 978 g/mol. The molecule has 0 fully saturated rings. The second-order valence-electron chi connectivity index (χ2n) is 21.0. The van der Waals surface area contributed by atoms with Crippen LogP contribution < -0.4 is 10.2 Å². The van der Waals surface area contributed by atoms with Gasteiger partial charge in [-0.25, -0.2) is 0 Å². The third-order valence-corrected chi connectivity index (χ3v) is 14.0. The van der Waals surface area contributed by atoms with Crippen molar-refractivity contribution in [2.75, 3.05) is 40.9 Å². The summed E-state index contributed by atoms with van der Waals surface area (Å²) >= 11 is 0. The SMILES string of the molecule is CCCCC/C=C\C/C=C\CCCCCCCC(=O)NC(COP(=O)([O-])OCC[N+](C)(C)C)C(O)/C=C/CC/C=C/CCCCCCCCCCCCCCCCCCCCCCCCCCC. The van der Waals surface area contributed by atoms with E-state index < -0.39 is 26.6 Å². The summed E-state index contributed by atoms with van der Waals surface area (Å²) in [5, 5.41) is 13.8. The highest BCUT2D eigenvalue weighted by Gasteiger charge is 2.23. The van der Waals surface area contributed by atoms with Crippen LogP contribution in [-0.4, -0.2) is 68.5 Å². The van der Waals surface area contributed by atoms with Crippen molar-refractivity contribution in [1.29, 1.82) is 0 Å². The molecule has 400 valence electrons. The van der Waals surface area contributed by atoms with E-state index in [0.29, 0.717) is 17.4 Å². The van der Waals surface area contributed by atoms with Gasteiger partial charge in [0, 0.05) is 6.42 Å². The topological polar surface area (TPSA) is 108 Å². The first-order valence-electron chi connectivity index (χ1n) is 29.0. The molecule has 0 aromatic rings. The lowest BCUT2D eigenvalue weighted by Crippen LogP contribution is -2.45. The molecule has 3 atom stereocenters. The number of aliphatic hydroxyl groups is 1. The lowest BCUT2D eigenvalue weighted by atomic mass is 10.0. The summed E-state index contributed by atoms with van der Waals surface area (Å²) in [5.41, 5.74) is 0. The molecular weight excluding hydrogens is 864 g/mol. The van der Waals surface area contributed by atoms with Crippen molar-refractivity contribution in [1.82, 2.24) is 5.32 Å². The highest BCUT2D eigenvalue weighted by molar-refractivity contribution is 7.45. The summed E-state index contributed by atoms with van der Waals surface area (Å²) in [6.45, 7) is 4.61. The number of phosphoric ester groups is 1. The average Bonchev–Trinajstić information content (AvgIpc) is 3.30. The molecule has 3 unspecified atom stereocenters. The molecule has 0 aliphatic carbocycles. The van der Waals surface area contributed by atoms with E-state index in [2.05, 4.69) is 55.6 Å². The fourth-order valence-electron chi connectivity index (χ4n) is 8.44. The number of quaternary nitrogens is 1. The zero-order valence-corrected chi connectivity index (χ0v) is 46.5. The molecule has 0 aromatic carbocycles. The molecule has 2 N–H and O–H groups in total. The van der Waals surface area contributed by atoms with Crippen LogP contribution in [0.15, 0.2) is 48.6 Å². The standard InChI is InChI=1S/C59H113N2O6P/c1-6-8-10-12-14-16-18-20-22-23-24-25-26-27-28-29-30-31-32-33-34-35-36-37-39-40-42-44-46-48-50-52-58(62)57(56-67-68(64,65)66-55-54-61(3,4)5)60-59(63)53-51-49-47-45-43-41-38-21-19-17-15-13-11-9-7-2/h15,17,21,38,42,44,50,52,57-58,62H,6-14,16,18-20,22-37,39-41,43,45-49,51,53-56H2,1-5H3,(H-,60,63,64,65)/b17-15-,38-21-,44-42+,52-50+. The number of carbonyl (C=O) groups excluding carboxylic acids is 1. The third-order valence-electron chi connectivity index (χ3n) is 13.0. The van der Waals surface area contributed by atoms with Crippen LogP contribution >= 0.6 is 7.82 Å². The smallest absolute Gasteiger partial charge is 0.268 e. The van der Waals surface area contributed by atoms with Crippen LogP contribution in [0.5, 0.6) is 0 Å². The first kappa shape index (κ1) is 66.5. The number of allylic oxidation sites excluding steroid dienone is 7. The number of nitrogens with zero attached hydrogens (tertiary/aromatic N) is 1. The number of aliphatic hydroxyl groups excluding tert-OH is 1. The highest BCUT2D eigenvalue weighted by Crippen LogP contribution is 2.38. The molecule has 0 heterocycles. The van der Waals surface area contributed by atoms with Gasteiger partial charge >= 0.3 is 0 Å². The van der Waals surface area contributed by atoms with E-state index in [9.17, 15) is 19.4 Å². The van der Waals surface area contributed by atoms with Crippen LogP contribution in [0.3, 0.4) is 0 Å². The summed E-state index contributed by atoms with van der Waals surface area (Å²) in [6.07, 6.45) is 66.4. The Bertz CT molecular complexity index is 1250. The maximum atomic E-state index is 12.9. The van der Waals surface area contributed by atoms with Crippen molar-refractivity contribution < 1.29 is 32.9 Å².